The number of benzene rings is 1. The summed E-state index contributed by atoms with van der Waals surface area (Å²) >= 11 is 0. The van der Waals surface area contributed by atoms with Gasteiger partial charge in [0.05, 0.1) is 7.11 Å². The maximum absolute atomic E-state index is 13.2. The van der Waals surface area contributed by atoms with Crippen molar-refractivity contribution in [3.05, 3.63) is 35.9 Å². The molecule has 0 bridgehead atoms. The van der Waals surface area contributed by atoms with Gasteiger partial charge in [0.1, 0.15) is 17.8 Å². The normalized spacial score (nSPS) is 13.2. The monoisotopic (exact) mass is 488 g/mol. The van der Waals surface area contributed by atoms with Crippen LogP contribution in [0.5, 0.6) is 0 Å². The smallest absolute Gasteiger partial charge is 0.328 e. The van der Waals surface area contributed by atoms with E-state index in [-0.39, 0.29) is 30.4 Å². The van der Waals surface area contributed by atoms with Crippen LogP contribution in [0.3, 0.4) is 0 Å². The fourth-order valence-electron chi connectivity index (χ4n) is 3.25. The molecule has 2 unspecified atom stereocenters. The molecule has 0 saturated heterocycles. The van der Waals surface area contributed by atoms with Crippen LogP contribution in [0.2, 0.25) is 0 Å². The molecule has 9 nitrogen and oxygen atoms in total. The van der Waals surface area contributed by atoms with Crippen molar-refractivity contribution in [1.82, 2.24) is 16.1 Å². The number of nitrogens with zero attached hydrogens (tertiary/aromatic N) is 1. The summed E-state index contributed by atoms with van der Waals surface area (Å²) in [6.07, 6.45) is 1.88. The number of hydrogen-bond donors (Lipinski definition) is 3. The Hall–Kier alpha value is -3.23. The molecule has 0 aromatic heterocycles. The SMILES string of the molecule is CCC(=O)NN=C(CC(C)C)C(=O)NC(CCC(C)C)C(=O)NC(Cc1ccccc1)C(=O)OC. The molecule has 1 aromatic rings. The Morgan fingerprint density at radius 1 is 0.914 bits per heavy atom. The van der Waals surface area contributed by atoms with Crippen molar-refractivity contribution < 1.29 is 23.9 Å². The van der Waals surface area contributed by atoms with Crippen molar-refractivity contribution >= 4 is 29.4 Å². The predicted octanol–water partition coefficient (Wildman–Crippen LogP) is 2.74. The van der Waals surface area contributed by atoms with Gasteiger partial charge in [0.15, 0.2) is 0 Å². The molecule has 2 atom stereocenters. The molecule has 3 amide bonds. The molecule has 0 saturated carbocycles. The molecule has 0 aliphatic rings. The van der Waals surface area contributed by atoms with Gasteiger partial charge in [0.25, 0.3) is 5.91 Å². The second-order valence-electron chi connectivity index (χ2n) is 9.32. The zero-order chi connectivity index (χ0) is 26.4. The second kappa shape index (κ2) is 15.6. The van der Waals surface area contributed by atoms with Gasteiger partial charge in [-0.3, -0.25) is 14.4 Å². The Kier molecular flexibility index (Phi) is 13.3. The molecule has 3 N–H and O–H groups in total. The lowest BCUT2D eigenvalue weighted by molar-refractivity contribution is -0.145. The molecule has 1 rings (SSSR count). The molecule has 9 heteroatoms. The quantitative estimate of drug-likeness (QED) is 0.211. The number of carbonyl (C=O) groups excluding carboxylic acids is 4. The number of rotatable bonds is 14. The van der Waals surface area contributed by atoms with Gasteiger partial charge < -0.3 is 15.4 Å². The first-order valence-corrected chi connectivity index (χ1v) is 12.2. The first-order valence-electron chi connectivity index (χ1n) is 12.2. The highest BCUT2D eigenvalue weighted by Crippen LogP contribution is 2.10. The van der Waals surface area contributed by atoms with Crippen molar-refractivity contribution in [2.24, 2.45) is 16.9 Å². The third-order valence-electron chi connectivity index (χ3n) is 5.24. The minimum atomic E-state index is -0.902. The standard InChI is InChI=1S/C26H40N4O5/c1-7-23(31)30-29-21(15-18(4)5)25(33)27-20(14-13-17(2)3)24(32)28-22(26(34)35-6)16-19-11-9-8-10-12-19/h8-12,17-18,20,22H,7,13-16H2,1-6H3,(H,27,33)(H,28,32)(H,30,31). The van der Waals surface area contributed by atoms with Gasteiger partial charge in [-0.05, 0) is 36.7 Å². The largest absolute Gasteiger partial charge is 0.467 e. The summed E-state index contributed by atoms with van der Waals surface area (Å²) in [5.74, 6) is -1.48. The lowest BCUT2D eigenvalue weighted by Gasteiger charge is -2.23. The second-order valence-corrected chi connectivity index (χ2v) is 9.32. The van der Waals surface area contributed by atoms with E-state index in [1.807, 2.05) is 58.0 Å². The number of ether oxygens (including phenoxy) is 1. The van der Waals surface area contributed by atoms with Gasteiger partial charge in [-0.15, -0.1) is 0 Å². The van der Waals surface area contributed by atoms with Gasteiger partial charge >= 0.3 is 5.97 Å². The minimum absolute atomic E-state index is 0.107. The minimum Gasteiger partial charge on any atom is -0.467 e. The van der Waals surface area contributed by atoms with E-state index in [2.05, 4.69) is 21.2 Å². The van der Waals surface area contributed by atoms with Crippen molar-refractivity contribution in [3.63, 3.8) is 0 Å². The first-order chi connectivity index (χ1) is 16.6. The fraction of sp³-hybridized carbons (Fsp3) is 0.577. The van der Waals surface area contributed by atoms with Crippen LogP contribution < -0.4 is 16.1 Å². The van der Waals surface area contributed by atoms with Crippen LogP contribution in [0.4, 0.5) is 0 Å². The van der Waals surface area contributed by atoms with Crippen molar-refractivity contribution in [3.8, 4) is 0 Å². The lowest BCUT2D eigenvalue weighted by Crippen LogP contribution is -2.53. The topological polar surface area (TPSA) is 126 Å². The van der Waals surface area contributed by atoms with Gasteiger partial charge in [0.2, 0.25) is 11.8 Å². The van der Waals surface area contributed by atoms with Crippen LogP contribution in [-0.4, -0.2) is 48.6 Å². The number of hydrazone groups is 1. The van der Waals surface area contributed by atoms with Gasteiger partial charge in [-0.2, -0.15) is 5.10 Å². The number of esters is 1. The number of amides is 3. The van der Waals surface area contributed by atoms with Crippen LogP contribution in [0.1, 0.15) is 65.9 Å². The molecular weight excluding hydrogens is 448 g/mol. The van der Waals surface area contributed by atoms with E-state index in [0.717, 1.165) is 5.56 Å². The first kappa shape index (κ1) is 29.8. The molecule has 0 spiro atoms. The molecule has 1 aromatic carbocycles. The summed E-state index contributed by atoms with van der Waals surface area (Å²) in [5.41, 5.74) is 3.38. The van der Waals surface area contributed by atoms with E-state index in [4.69, 9.17) is 4.74 Å². The Morgan fingerprint density at radius 2 is 1.57 bits per heavy atom. The summed E-state index contributed by atoms with van der Waals surface area (Å²) in [6, 6.07) is 7.51. The molecule has 35 heavy (non-hydrogen) atoms. The number of carbonyl (C=O) groups is 4. The van der Waals surface area contributed by atoms with E-state index in [1.54, 1.807) is 6.92 Å². The van der Waals surface area contributed by atoms with Crippen molar-refractivity contribution in [2.75, 3.05) is 7.11 Å². The van der Waals surface area contributed by atoms with Gasteiger partial charge in [-0.25, -0.2) is 10.2 Å². The number of methoxy groups -OCH3 is 1. The summed E-state index contributed by atoms with van der Waals surface area (Å²) in [6.45, 7) is 9.59. The van der Waals surface area contributed by atoms with Crippen LogP contribution in [0.15, 0.2) is 35.4 Å². The summed E-state index contributed by atoms with van der Waals surface area (Å²) < 4.78 is 4.89. The Balaban J connectivity index is 3.07. The number of hydrogen-bond acceptors (Lipinski definition) is 6. The maximum atomic E-state index is 13.2. The molecule has 0 heterocycles. The van der Waals surface area contributed by atoms with Crippen LogP contribution in [0.25, 0.3) is 0 Å². The van der Waals surface area contributed by atoms with Crippen molar-refractivity contribution in [2.45, 2.75) is 78.8 Å². The fourth-order valence-corrected chi connectivity index (χ4v) is 3.25. The van der Waals surface area contributed by atoms with E-state index in [9.17, 15) is 19.2 Å². The third-order valence-corrected chi connectivity index (χ3v) is 5.24. The predicted molar refractivity (Wildman–Crippen MR) is 135 cm³/mol. The highest BCUT2D eigenvalue weighted by atomic mass is 16.5. The highest BCUT2D eigenvalue weighted by Gasteiger charge is 2.29. The number of nitrogens with one attached hydrogen (secondary N) is 3. The lowest BCUT2D eigenvalue weighted by atomic mass is 10.0. The molecule has 0 aliphatic carbocycles. The van der Waals surface area contributed by atoms with Crippen LogP contribution in [-0.2, 0) is 30.3 Å². The molecule has 194 valence electrons. The van der Waals surface area contributed by atoms with Crippen LogP contribution in [0, 0.1) is 11.8 Å². The van der Waals surface area contributed by atoms with E-state index >= 15 is 0 Å². The molecule has 0 fully saturated rings. The van der Waals surface area contributed by atoms with Gasteiger partial charge in [-0.1, -0.05) is 65.0 Å². The van der Waals surface area contributed by atoms with Crippen LogP contribution >= 0.6 is 0 Å². The van der Waals surface area contributed by atoms with Crippen molar-refractivity contribution in [1.29, 1.82) is 0 Å². The molecular formula is C26H40N4O5. The Morgan fingerprint density at radius 3 is 2.11 bits per heavy atom. The Labute approximate surface area is 208 Å². The maximum Gasteiger partial charge on any atom is 0.328 e. The van der Waals surface area contributed by atoms with Gasteiger partial charge in [0, 0.05) is 12.8 Å². The average molecular weight is 489 g/mol. The summed E-state index contributed by atoms with van der Waals surface area (Å²) in [7, 11) is 1.27. The zero-order valence-electron chi connectivity index (χ0n) is 21.7. The highest BCUT2D eigenvalue weighted by molar-refractivity contribution is 6.39. The van der Waals surface area contributed by atoms with E-state index in [0.29, 0.717) is 25.2 Å². The average Bonchev–Trinajstić information content (AvgIpc) is 2.83. The summed E-state index contributed by atoms with van der Waals surface area (Å²) in [5, 5.41) is 9.51. The van der Waals surface area contributed by atoms with E-state index in [1.165, 1.54) is 7.11 Å². The molecule has 0 radical (unpaired) electrons. The Bertz CT molecular complexity index is 868. The summed E-state index contributed by atoms with van der Waals surface area (Å²) in [4.78, 5) is 50.3. The van der Waals surface area contributed by atoms with E-state index < -0.39 is 29.9 Å². The zero-order valence-corrected chi connectivity index (χ0v) is 21.7. The molecule has 0 aliphatic heterocycles. The third kappa shape index (κ3) is 11.6.